The highest BCUT2D eigenvalue weighted by Gasteiger charge is 2.29. The van der Waals surface area contributed by atoms with E-state index in [1.54, 1.807) is 0 Å². The maximum atomic E-state index is 12.0. The molecule has 0 saturated carbocycles. The zero-order valence-electron chi connectivity index (χ0n) is 12.6. The number of hydrogen-bond donors (Lipinski definition) is 3. The van der Waals surface area contributed by atoms with E-state index in [1.807, 2.05) is 25.6 Å². The predicted molar refractivity (Wildman–Crippen MR) is 77.0 cm³/mol. The molecule has 1 aliphatic heterocycles. The number of aliphatic carboxylic acids is 1. The Morgan fingerprint density at radius 2 is 2.19 bits per heavy atom. The molecule has 2 rings (SSSR count). The fourth-order valence-electron chi connectivity index (χ4n) is 2.75. The van der Waals surface area contributed by atoms with Gasteiger partial charge in [-0.2, -0.15) is 5.10 Å². The van der Waals surface area contributed by atoms with Crippen LogP contribution in [0.4, 0.5) is 0 Å². The van der Waals surface area contributed by atoms with E-state index in [1.165, 1.54) is 0 Å². The van der Waals surface area contributed by atoms with Gasteiger partial charge in [-0.15, -0.1) is 0 Å². The number of carbonyl (C=O) groups is 2. The van der Waals surface area contributed by atoms with Crippen molar-refractivity contribution in [2.45, 2.75) is 45.2 Å². The summed E-state index contributed by atoms with van der Waals surface area (Å²) in [6.45, 7) is 4.44. The number of carboxylic acid groups (broad SMARTS) is 1. The van der Waals surface area contributed by atoms with E-state index >= 15 is 0 Å². The molecule has 2 heterocycles. The van der Waals surface area contributed by atoms with Gasteiger partial charge in [-0.25, -0.2) is 0 Å². The summed E-state index contributed by atoms with van der Waals surface area (Å²) in [5.74, 6) is -0.913. The highest BCUT2D eigenvalue weighted by Crippen LogP contribution is 2.14. The van der Waals surface area contributed by atoms with Gasteiger partial charge in [0.15, 0.2) is 0 Å². The smallest absolute Gasteiger partial charge is 0.320 e. The molecule has 1 aromatic rings. The zero-order valence-corrected chi connectivity index (χ0v) is 12.6. The lowest BCUT2D eigenvalue weighted by atomic mass is 10.1. The van der Waals surface area contributed by atoms with Crippen LogP contribution in [0.2, 0.25) is 0 Å². The molecule has 1 aliphatic rings. The van der Waals surface area contributed by atoms with Crippen molar-refractivity contribution in [1.82, 2.24) is 20.4 Å². The van der Waals surface area contributed by atoms with Crippen molar-refractivity contribution in [3.05, 3.63) is 17.0 Å². The molecule has 0 aromatic carbocycles. The van der Waals surface area contributed by atoms with Gasteiger partial charge in [0.1, 0.15) is 6.04 Å². The van der Waals surface area contributed by atoms with Gasteiger partial charge in [-0.3, -0.25) is 14.3 Å². The Bertz CT molecular complexity index is 553. The number of hydrogen-bond acceptors (Lipinski definition) is 4. The molecule has 1 amide bonds. The Labute approximate surface area is 123 Å². The van der Waals surface area contributed by atoms with Crippen LogP contribution in [0.3, 0.4) is 0 Å². The lowest BCUT2D eigenvalue weighted by molar-refractivity contribution is -0.139. The average Bonchev–Trinajstić information content (AvgIpc) is 2.95. The molecule has 0 aliphatic carbocycles. The van der Waals surface area contributed by atoms with E-state index in [0.29, 0.717) is 25.8 Å². The van der Waals surface area contributed by atoms with Crippen molar-refractivity contribution in [1.29, 1.82) is 0 Å². The van der Waals surface area contributed by atoms with Gasteiger partial charge in [-0.05, 0) is 32.3 Å². The summed E-state index contributed by atoms with van der Waals surface area (Å²) in [5, 5.41) is 19.0. The van der Waals surface area contributed by atoms with Crippen molar-refractivity contribution < 1.29 is 14.7 Å². The van der Waals surface area contributed by atoms with Crippen LogP contribution in [0, 0.1) is 13.8 Å². The number of carboxylic acids is 1. The largest absolute Gasteiger partial charge is 0.480 e. The Balaban J connectivity index is 1.82. The standard InChI is InChI=1S/C14H22N4O3/c1-8-11(9(2)18(3)17-8)4-5-13(19)16-10-6-12(14(20)21)15-7-10/h10,12,15H,4-7H2,1-3H3,(H,16,19)(H,20,21)/t10-,12-/m0/s1. The molecule has 7 heteroatoms. The molecule has 1 saturated heterocycles. The fraction of sp³-hybridized carbons (Fsp3) is 0.643. The number of aryl methyl sites for hydroxylation is 2. The van der Waals surface area contributed by atoms with Crippen molar-refractivity contribution in [2.75, 3.05) is 6.54 Å². The summed E-state index contributed by atoms with van der Waals surface area (Å²) < 4.78 is 1.82. The van der Waals surface area contributed by atoms with Crippen molar-refractivity contribution in [3.63, 3.8) is 0 Å². The Morgan fingerprint density at radius 1 is 1.48 bits per heavy atom. The van der Waals surface area contributed by atoms with Gasteiger partial charge in [0.2, 0.25) is 5.91 Å². The fourth-order valence-corrected chi connectivity index (χ4v) is 2.75. The third-order valence-corrected chi connectivity index (χ3v) is 4.06. The van der Waals surface area contributed by atoms with Gasteiger partial charge < -0.3 is 15.7 Å². The Kier molecular flexibility index (Phi) is 4.62. The Hall–Kier alpha value is -1.89. The van der Waals surface area contributed by atoms with Crippen LogP contribution in [0.15, 0.2) is 0 Å². The van der Waals surface area contributed by atoms with Crippen LogP contribution >= 0.6 is 0 Å². The molecule has 0 radical (unpaired) electrons. The summed E-state index contributed by atoms with van der Waals surface area (Å²) in [5.41, 5.74) is 3.14. The molecule has 21 heavy (non-hydrogen) atoms. The molecule has 0 spiro atoms. The summed E-state index contributed by atoms with van der Waals surface area (Å²) in [6, 6.07) is -0.659. The number of nitrogens with zero attached hydrogens (tertiary/aromatic N) is 2. The van der Waals surface area contributed by atoms with Crippen LogP contribution in [0.25, 0.3) is 0 Å². The van der Waals surface area contributed by atoms with E-state index in [9.17, 15) is 9.59 Å². The second-order valence-corrected chi connectivity index (χ2v) is 5.57. The van der Waals surface area contributed by atoms with Crippen LogP contribution in [-0.2, 0) is 23.1 Å². The molecule has 0 bridgehead atoms. The summed E-state index contributed by atoms with van der Waals surface area (Å²) in [4.78, 5) is 22.8. The average molecular weight is 294 g/mol. The molecule has 116 valence electrons. The number of nitrogens with one attached hydrogen (secondary N) is 2. The number of amides is 1. The SMILES string of the molecule is Cc1nn(C)c(C)c1CCC(=O)N[C@@H]1CN[C@H](C(=O)O)C1. The van der Waals surface area contributed by atoms with E-state index in [2.05, 4.69) is 15.7 Å². The summed E-state index contributed by atoms with van der Waals surface area (Å²) in [6.07, 6.45) is 1.48. The van der Waals surface area contributed by atoms with E-state index in [0.717, 1.165) is 17.0 Å². The minimum absolute atomic E-state index is 0.0458. The predicted octanol–water partition coefficient (Wildman–Crippen LogP) is -0.0992. The molecule has 1 aromatic heterocycles. The van der Waals surface area contributed by atoms with Gasteiger partial charge in [-0.1, -0.05) is 0 Å². The lowest BCUT2D eigenvalue weighted by Gasteiger charge is -2.11. The second kappa shape index (κ2) is 6.26. The van der Waals surface area contributed by atoms with Crippen molar-refractivity contribution in [2.24, 2.45) is 7.05 Å². The van der Waals surface area contributed by atoms with Gasteiger partial charge in [0.25, 0.3) is 0 Å². The second-order valence-electron chi connectivity index (χ2n) is 5.57. The monoisotopic (exact) mass is 294 g/mol. The normalized spacial score (nSPS) is 21.5. The topological polar surface area (TPSA) is 96.3 Å². The summed E-state index contributed by atoms with van der Waals surface area (Å²) in [7, 11) is 1.89. The van der Waals surface area contributed by atoms with Gasteiger partial charge in [0.05, 0.1) is 5.69 Å². The van der Waals surface area contributed by atoms with Crippen LogP contribution in [0.5, 0.6) is 0 Å². The first kappa shape index (κ1) is 15.5. The van der Waals surface area contributed by atoms with Crippen LogP contribution < -0.4 is 10.6 Å². The summed E-state index contributed by atoms with van der Waals surface area (Å²) >= 11 is 0. The highest BCUT2D eigenvalue weighted by atomic mass is 16.4. The molecular weight excluding hydrogens is 272 g/mol. The maximum absolute atomic E-state index is 12.0. The van der Waals surface area contributed by atoms with Crippen molar-refractivity contribution >= 4 is 11.9 Å². The van der Waals surface area contributed by atoms with Crippen LogP contribution in [-0.4, -0.2) is 45.4 Å². The highest BCUT2D eigenvalue weighted by molar-refractivity contribution is 5.77. The van der Waals surface area contributed by atoms with E-state index in [-0.39, 0.29) is 11.9 Å². The third-order valence-electron chi connectivity index (χ3n) is 4.06. The molecule has 1 fully saturated rings. The first-order valence-corrected chi connectivity index (χ1v) is 7.13. The molecular formula is C14H22N4O3. The number of aromatic nitrogens is 2. The third kappa shape index (κ3) is 3.60. The van der Waals surface area contributed by atoms with E-state index < -0.39 is 12.0 Å². The molecule has 7 nitrogen and oxygen atoms in total. The van der Waals surface area contributed by atoms with Gasteiger partial charge >= 0.3 is 5.97 Å². The maximum Gasteiger partial charge on any atom is 0.320 e. The quantitative estimate of drug-likeness (QED) is 0.705. The molecule has 3 N–H and O–H groups in total. The number of rotatable bonds is 5. The minimum Gasteiger partial charge on any atom is -0.480 e. The lowest BCUT2D eigenvalue weighted by Crippen LogP contribution is -2.36. The van der Waals surface area contributed by atoms with Gasteiger partial charge in [0, 0.05) is 31.7 Å². The molecule has 0 unspecified atom stereocenters. The van der Waals surface area contributed by atoms with Crippen molar-refractivity contribution in [3.8, 4) is 0 Å². The number of carbonyl (C=O) groups excluding carboxylic acids is 1. The first-order chi connectivity index (χ1) is 9.88. The Morgan fingerprint density at radius 3 is 2.71 bits per heavy atom. The first-order valence-electron chi connectivity index (χ1n) is 7.13. The zero-order chi connectivity index (χ0) is 15.6. The van der Waals surface area contributed by atoms with E-state index in [4.69, 9.17) is 5.11 Å². The van der Waals surface area contributed by atoms with Crippen LogP contribution in [0.1, 0.15) is 29.8 Å². The molecule has 2 atom stereocenters. The minimum atomic E-state index is -0.867.